The highest BCUT2D eigenvalue weighted by molar-refractivity contribution is 5.76. The molecule has 0 aromatic carbocycles. The minimum Gasteiger partial charge on any atom is -0.342 e. The summed E-state index contributed by atoms with van der Waals surface area (Å²) in [4.78, 5) is 13.9. The minimum absolute atomic E-state index is 0.243. The highest BCUT2D eigenvalue weighted by Gasteiger charge is 2.31. The van der Waals surface area contributed by atoms with Gasteiger partial charge in [0, 0.05) is 25.9 Å². The van der Waals surface area contributed by atoms with E-state index in [1.807, 2.05) is 11.9 Å². The number of amides is 1. The average Bonchev–Trinajstić information content (AvgIpc) is 2.81. The summed E-state index contributed by atoms with van der Waals surface area (Å²) < 4.78 is 0. The van der Waals surface area contributed by atoms with Crippen molar-refractivity contribution < 1.29 is 4.79 Å². The van der Waals surface area contributed by atoms with E-state index in [0.29, 0.717) is 24.9 Å². The zero-order valence-electron chi connectivity index (χ0n) is 10.8. The van der Waals surface area contributed by atoms with Crippen molar-refractivity contribution in [3.63, 3.8) is 0 Å². The molecule has 17 heavy (non-hydrogen) atoms. The lowest BCUT2D eigenvalue weighted by Gasteiger charge is -2.29. The molecule has 1 aliphatic carbocycles. The molecule has 3 nitrogen and oxygen atoms in total. The maximum atomic E-state index is 12.0. The maximum absolute atomic E-state index is 12.0. The molecule has 2 N–H and O–H groups in total. The van der Waals surface area contributed by atoms with E-state index >= 15 is 0 Å². The Kier molecular flexibility index (Phi) is 6.07. The van der Waals surface area contributed by atoms with Gasteiger partial charge >= 0.3 is 0 Å². The number of hydrogen-bond acceptors (Lipinski definition) is 2. The van der Waals surface area contributed by atoms with E-state index in [1.54, 1.807) is 0 Å². The van der Waals surface area contributed by atoms with Crippen molar-refractivity contribution in [2.45, 2.75) is 51.0 Å². The summed E-state index contributed by atoms with van der Waals surface area (Å²) >= 11 is 0. The fourth-order valence-corrected chi connectivity index (χ4v) is 2.67. The summed E-state index contributed by atoms with van der Waals surface area (Å²) in [5.74, 6) is 3.34. The van der Waals surface area contributed by atoms with Crippen molar-refractivity contribution in [1.82, 2.24) is 4.90 Å². The lowest BCUT2D eigenvalue weighted by molar-refractivity contribution is -0.132. The van der Waals surface area contributed by atoms with Gasteiger partial charge in [-0.1, -0.05) is 6.42 Å². The first-order valence-corrected chi connectivity index (χ1v) is 6.60. The predicted molar refractivity (Wildman–Crippen MR) is 70.3 cm³/mol. The molecule has 0 heterocycles. The Morgan fingerprint density at radius 1 is 1.47 bits per heavy atom. The molecule has 1 rings (SSSR count). The van der Waals surface area contributed by atoms with Gasteiger partial charge < -0.3 is 10.6 Å². The van der Waals surface area contributed by atoms with Gasteiger partial charge in [-0.3, -0.25) is 4.79 Å². The van der Waals surface area contributed by atoms with Crippen molar-refractivity contribution in [3.05, 3.63) is 0 Å². The number of carbonyl (C=O) groups is 1. The van der Waals surface area contributed by atoms with Crippen molar-refractivity contribution in [3.8, 4) is 12.3 Å². The van der Waals surface area contributed by atoms with Crippen LogP contribution in [0.5, 0.6) is 0 Å². The summed E-state index contributed by atoms with van der Waals surface area (Å²) in [5.41, 5.74) is 5.74. The van der Waals surface area contributed by atoms with E-state index < -0.39 is 0 Å². The van der Waals surface area contributed by atoms with E-state index in [2.05, 4.69) is 5.92 Å². The molecule has 0 spiro atoms. The van der Waals surface area contributed by atoms with Crippen molar-refractivity contribution in [2.75, 3.05) is 13.6 Å². The van der Waals surface area contributed by atoms with Crippen LogP contribution in [-0.4, -0.2) is 30.4 Å². The largest absolute Gasteiger partial charge is 0.342 e. The van der Waals surface area contributed by atoms with Gasteiger partial charge in [-0.25, -0.2) is 0 Å². The number of nitrogens with two attached hydrogens (primary N) is 1. The molecule has 1 saturated carbocycles. The second-order valence-electron chi connectivity index (χ2n) is 4.91. The smallest absolute Gasteiger partial charge is 0.222 e. The second-order valence-corrected chi connectivity index (χ2v) is 4.91. The van der Waals surface area contributed by atoms with Crippen LogP contribution in [-0.2, 0) is 4.79 Å². The van der Waals surface area contributed by atoms with Crippen LogP contribution in [0.4, 0.5) is 0 Å². The standard InChI is InChI=1S/C14H24N2O/c1-3-4-5-6-10-14(17)16(2)13-9-7-8-12(13)11-15/h1,12-13H,4-11,15H2,2H3. The molecule has 0 aliphatic heterocycles. The quantitative estimate of drug-likeness (QED) is 0.564. The molecule has 2 atom stereocenters. The third-order valence-electron chi connectivity index (χ3n) is 3.77. The molecule has 1 amide bonds. The van der Waals surface area contributed by atoms with Crippen LogP contribution in [0.1, 0.15) is 44.9 Å². The number of carbonyl (C=O) groups excluding carboxylic acids is 1. The molecule has 96 valence electrons. The molecular weight excluding hydrogens is 212 g/mol. The molecule has 0 saturated heterocycles. The monoisotopic (exact) mass is 236 g/mol. The Labute approximate surface area is 105 Å². The van der Waals surface area contributed by atoms with Crippen LogP contribution in [0.25, 0.3) is 0 Å². The molecule has 0 aromatic heterocycles. The second kappa shape index (κ2) is 7.34. The van der Waals surface area contributed by atoms with Gasteiger partial charge in [0.05, 0.1) is 0 Å². The van der Waals surface area contributed by atoms with Crippen LogP contribution in [0, 0.1) is 18.3 Å². The van der Waals surface area contributed by atoms with Crippen LogP contribution in [0.15, 0.2) is 0 Å². The zero-order valence-corrected chi connectivity index (χ0v) is 10.8. The third kappa shape index (κ3) is 4.05. The molecule has 0 radical (unpaired) electrons. The summed E-state index contributed by atoms with van der Waals surface area (Å²) in [6, 6.07) is 0.361. The van der Waals surface area contributed by atoms with Crippen LogP contribution in [0.2, 0.25) is 0 Å². The Morgan fingerprint density at radius 2 is 2.24 bits per heavy atom. The first-order chi connectivity index (χ1) is 8.20. The normalized spacial score (nSPS) is 23.4. The van der Waals surface area contributed by atoms with Crippen LogP contribution < -0.4 is 5.73 Å². The fourth-order valence-electron chi connectivity index (χ4n) is 2.67. The summed E-state index contributed by atoms with van der Waals surface area (Å²) in [6.07, 6.45) is 11.9. The fraction of sp³-hybridized carbons (Fsp3) is 0.786. The van der Waals surface area contributed by atoms with Gasteiger partial charge in [0.25, 0.3) is 0 Å². The average molecular weight is 236 g/mol. The SMILES string of the molecule is C#CCCCCC(=O)N(C)C1CCCC1CN. The number of terminal acetylenes is 1. The molecule has 3 heteroatoms. The Hall–Kier alpha value is -1.01. The van der Waals surface area contributed by atoms with Crippen LogP contribution >= 0.6 is 0 Å². The molecule has 1 aliphatic rings. The zero-order chi connectivity index (χ0) is 12.7. The lowest BCUT2D eigenvalue weighted by atomic mass is 10.0. The summed E-state index contributed by atoms with van der Waals surface area (Å²) in [5, 5.41) is 0. The summed E-state index contributed by atoms with van der Waals surface area (Å²) in [7, 11) is 1.92. The van der Waals surface area contributed by atoms with Crippen LogP contribution in [0.3, 0.4) is 0 Å². The summed E-state index contributed by atoms with van der Waals surface area (Å²) in [6.45, 7) is 0.694. The maximum Gasteiger partial charge on any atom is 0.222 e. The molecular formula is C14H24N2O. The third-order valence-corrected chi connectivity index (χ3v) is 3.77. The van der Waals surface area contributed by atoms with E-state index in [0.717, 1.165) is 32.1 Å². The van der Waals surface area contributed by atoms with Crippen molar-refractivity contribution >= 4 is 5.91 Å². The van der Waals surface area contributed by atoms with Gasteiger partial charge in [0.2, 0.25) is 5.91 Å². The molecule has 0 aromatic rings. The Balaban J connectivity index is 2.33. The minimum atomic E-state index is 0.243. The lowest BCUT2D eigenvalue weighted by Crippen LogP contribution is -2.41. The van der Waals surface area contributed by atoms with Gasteiger partial charge in [-0.2, -0.15) is 0 Å². The van der Waals surface area contributed by atoms with E-state index in [4.69, 9.17) is 12.2 Å². The van der Waals surface area contributed by atoms with Crippen molar-refractivity contribution in [1.29, 1.82) is 0 Å². The predicted octanol–water partition coefficient (Wildman–Crippen LogP) is 1.77. The van der Waals surface area contributed by atoms with E-state index in [9.17, 15) is 4.79 Å². The topological polar surface area (TPSA) is 46.3 Å². The number of nitrogens with zero attached hydrogens (tertiary/aromatic N) is 1. The number of unbranched alkanes of at least 4 members (excludes halogenated alkanes) is 2. The van der Waals surface area contributed by atoms with E-state index in [-0.39, 0.29) is 5.91 Å². The van der Waals surface area contributed by atoms with Crippen molar-refractivity contribution in [2.24, 2.45) is 11.7 Å². The highest BCUT2D eigenvalue weighted by atomic mass is 16.2. The van der Waals surface area contributed by atoms with Gasteiger partial charge in [0.15, 0.2) is 0 Å². The van der Waals surface area contributed by atoms with E-state index in [1.165, 1.54) is 6.42 Å². The van der Waals surface area contributed by atoms with Gasteiger partial charge in [0.1, 0.15) is 0 Å². The number of rotatable bonds is 6. The number of hydrogen-bond donors (Lipinski definition) is 1. The van der Waals surface area contributed by atoms with Gasteiger partial charge in [-0.15, -0.1) is 12.3 Å². The first kappa shape index (κ1) is 14.1. The molecule has 1 fully saturated rings. The van der Waals surface area contributed by atoms with Gasteiger partial charge in [-0.05, 0) is 38.1 Å². The first-order valence-electron chi connectivity index (χ1n) is 6.60. The Morgan fingerprint density at radius 3 is 2.88 bits per heavy atom. The Bertz CT molecular complexity index is 282. The molecule has 0 bridgehead atoms. The highest BCUT2D eigenvalue weighted by Crippen LogP contribution is 2.28. The molecule has 2 unspecified atom stereocenters.